The minimum atomic E-state index is -0.534. The molecule has 1 atom stereocenters. The van der Waals surface area contributed by atoms with Crippen LogP contribution in [0.1, 0.15) is 23.0 Å². The van der Waals surface area contributed by atoms with E-state index in [4.69, 9.17) is 4.42 Å². The molecule has 0 bridgehead atoms. The van der Waals surface area contributed by atoms with Gasteiger partial charge in [0.05, 0.1) is 37.7 Å². The summed E-state index contributed by atoms with van der Waals surface area (Å²) in [6.07, 6.45) is 4.65. The number of H-pyrrole nitrogens is 1. The zero-order valence-electron chi connectivity index (χ0n) is 14.0. The first kappa shape index (κ1) is 16.5. The van der Waals surface area contributed by atoms with Crippen molar-refractivity contribution in [2.75, 3.05) is 6.54 Å². The zero-order valence-corrected chi connectivity index (χ0v) is 14.0. The first-order valence-electron chi connectivity index (χ1n) is 8.02. The van der Waals surface area contributed by atoms with Crippen LogP contribution in [0.2, 0.25) is 0 Å². The maximum atomic E-state index is 10.5. The molecule has 0 aromatic carbocycles. The van der Waals surface area contributed by atoms with E-state index in [2.05, 4.69) is 20.0 Å². The van der Waals surface area contributed by atoms with Gasteiger partial charge in [0.25, 0.3) is 0 Å². The highest BCUT2D eigenvalue weighted by Gasteiger charge is 2.16. The first-order valence-corrected chi connectivity index (χ1v) is 8.02. The fraction of sp³-hybridized carbons (Fsp3) is 0.412. The van der Waals surface area contributed by atoms with Crippen LogP contribution in [0.5, 0.6) is 0 Å². The van der Waals surface area contributed by atoms with Crippen LogP contribution in [0.15, 0.2) is 41.3 Å². The van der Waals surface area contributed by atoms with Gasteiger partial charge in [-0.05, 0) is 32.0 Å². The van der Waals surface area contributed by atoms with Crippen molar-refractivity contribution in [2.45, 2.75) is 39.6 Å². The van der Waals surface area contributed by atoms with E-state index in [0.717, 1.165) is 23.0 Å². The van der Waals surface area contributed by atoms with Crippen molar-refractivity contribution >= 4 is 0 Å². The van der Waals surface area contributed by atoms with Gasteiger partial charge in [-0.15, -0.1) is 0 Å². The molecule has 7 nitrogen and oxygen atoms in total. The molecule has 0 radical (unpaired) electrons. The molecule has 3 rings (SSSR count). The number of aromatic nitrogens is 4. The van der Waals surface area contributed by atoms with Gasteiger partial charge in [0.2, 0.25) is 0 Å². The largest absolute Gasteiger partial charge is 0.468 e. The summed E-state index contributed by atoms with van der Waals surface area (Å²) in [7, 11) is 0. The molecule has 0 fully saturated rings. The Morgan fingerprint density at radius 3 is 2.88 bits per heavy atom. The molecule has 3 aromatic rings. The fourth-order valence-electron chi connectivity index (χ4n) is 2.82. The average Bonchev–Trinajstić information content (AvgIpc) is 3.24. The number of nitrogens with zero attached hydrogens (tertiary/aromatic N) is 4. The summed E-state index contributed by atoms with van der Waals surface area (Å²) in [5.41, 5.74) is 2.01. The van der Waals surface area contributed by atoms with Gasteiger partial charge < -0.3 is 14.5 Å². The molecule has 0 aliphatic heterocycles. The predicted octanol–water partition coefficient (Wildman–Crippen LogP) is 1.88. The van der Waals surface area contributed by atoms with E-state index < -0.39 is 6.10 Å². The Labute approximate surface area is 140 Å². The third-order valence-electron chi connectivity index (χ3n) is 3.84. The highest BCUT2D eigenvalue weighted by atomic mass is 16.3. The first-order chi connectivity index (χ1) is 11.6. The highest BCUT2D eigenvalue weighted by Crippen LogP contribution is 2.10. The molecule has 3 aromatic heterocycles. The summed E-state index contributed by atoms with van der Waals surface area (Å²) in [6, 6.07) is 5.81. The van der Waals surface area contributed by atoms with Gasteiger partial charge >= 0.3 is 0 Å². The summed E-state index contributed by atoms with van der Waals surface area (Å²) in [5, 5.41) is 14.9. The lowest BCUT2D eigenvalue weighted by molar-refractivity contribution is 0.0827. The molecule has 0 saturated carbocycles. The Hall–Kier alpha value is -2.38. The van der Waals surface area contributed by atoms with E-state index in [0.29, 0.717) is 26.2 Å². The number of rotatable bonds is 8. The molecule has 0 aliphatic rings. The average molecular weight is 329 g/mol. The lowest BCUT2D eigenvalue weighted by Crippen LogP contribution is -2.34. The van der Waals surface area contributed by atoms with Crippen LogP contribution in [-0.4, -0.2) is 42.4 Å². The minimum absolute atomic E-state index is 0.465. The highest BCUT2D eigenvalue weighted by molar-refractivity contribution is 5.06. The standard InChI is InChI=1S/C17H23N5O2/c1-13-8-14(2)22(20-13)10-15(23)9-21(11-16-4-3-7-24-16)12-17-18-5-6-19-17/h3-8,15,23H,9-12H2,1-2H3,(H,18,19)/t15-/m1/s1. The molecule has 128 valence electrons. The van der Waals surface area contributed by atoms with Crippen LogP contribution < -0.4 is 0 Å². The lowest BCUT2D eigenvalue weighted by atomic mass is 10.3. The van der Waals surface area contributed by atoms with Crippen LogP contribution in [0.3, 0.4) is 0 Å². The van der Waals surface area contributed by atoms with E-state index in [-0.39, 0.29) is 0 Å². The topological polar surface area (TPSA) is 83.1 Å². The van der Waals surface area contributed by atoms with Gasteiger partial charge in [0, 0.05) is 24.6 Å². The molecular weight excluding hydrogens is 306 g/mol. The zero-order chi connectivity index (χ0) is 16.9. The fourth-order valence-corrected chi connectivity index (χ4v) is 2.82. The number of aryl methyl sites for hydroxylation is 2. The third-order valence-corrected chi connectivity index (χ3v) is 3.84. The monoisotopic (exact) mass is 329 g/mol. The van der Waals surface area contributed by atoms with E-state index in [1.165, 1.54) is 0 Å². The predicted molar refractivity (Wildman–Crippen MR) is 89.1 cm³/mol. The number of aliphatic hydroxyl groups is 1. The van der Waals surface area contributed by atoms with Crippen LogP contribution in [0.25, 0.3) is 0 Å². The second-order valence-corrected chi connectivity index (χ2v) is 6.05. The molecule has 7 heteroatoms. The Morgan fingerprint density at radius 1 is 1.38 bits per heavy atom. The van der Waals surface area contributed by atoms with Crippen molar-refractivity contribution in [3.63, 3.8) is 0 Å². The summed E-state index contributed by atoms with van der Waals surface area (Å²) in [4.78, 5) is 9.47. The number of aromatic amines is 1. The van der Waals surface area contributed by atoms with Crippen LogP contribution in [0.4, 0.5) is 0 Å². The van der Waals surface area contributed by atoms with Crippen molar-refractivity contribution in [3.8, 4) is 0 Å². The summed E-state index contributed by atoms with van der Waals surface area (Å²) in [6.45, 7) is 6.14. The summed E-state index contributed by atoms with van der Waals surface area (Å²) < 4.78 is 7.28. The Kier molecular flexibility index (Phi) is 5.12. The van der Waals surface area contributed by atoms with Crippen molar-refractivity contribution in [2.24, 2.45) is 0 Å². The third kappa shape index (κ3) is 4.33. The Balaban J connectivity index is 1.64. The second-order valence-electron chi connectivity index (χ2n) is 6.05. The van der Waals surface area contributed by atoms with E-state index >= 15 is 0 Å². The van der Waals surface area contributed by atoms with Crippen molar-refractivity contribution < 1.29 is 9.52 Å². The Morgan fingerprint density at radius 2 is 2.25 bits per heavy atom. The number of imidazole rings is 1. The normalized spacial score (nSPS) is 12.8. The molecule has 0 unspecified atom stereocenters. The van der Waals surface area contributed by atoms with Crippen LogP contribution >= 0.6 is 0 Å². The number of nitrogens with one attached hydrogen (secondary N) is 1. The smallest absolute Gasteiger partial charge is 0.120 e. The maximum absolute atomic E-state index is 10.5. The quantitative estimate of drug-likeness (QED) is 0.659. The molecule has 0 spiro atoms. The SMILES string of the molecule is Cc1cc(C)n(C[C@H](O)CN(Cc2ncc[nH]2)Cc2ccco2)n1. The van der Waals surface area contributed by atoms with Gasteiger partial charge in [-0.3, -0.25) is 9.58 Å². The number of hydrogen-bond acceptors (Lipinski definition) is 5. The summed E-state index contributed by atoms with van der Waals surface area (Å²) >= 11 is 0. The number of aliphatic hydroxyl groups excluding tert-OH is 1. The number of furan rings is 1. The molecule has 0 saturated heterocycles. The van der Waals surface area contributed by atoms with Crippen LogP contribution in [-0.2, 0) is 19.6 Å². The van der Waals surface area contributed by atoms with Crippen LogP contribution in [0, 0.1) is 13.8 Å². The van der Waals surface area contributed by atoms with Gasteiger partial charge in [-0.2, -0.15) is 5.10 Å². The van der Waals surface area contributed by atoms with Gasteiger partial charge in [-0.25, -0.2) is 4.98 Å². The molecule has 0 aliphatic carbocycles. The molecule has 2 N–H and O–H groups in total. The number of hydrogen-bond donors (Lipinski definition) is 2. The molecular formula is C17H23N5O2. The summed E-state index contributed by atoms with van der Waals surface area (Å²) in [5.74, 6) is 1.72. The molecule has 24 heavy (non-hydrogen) atoms. The van der Waals surface area contributed by atoms with E-state index in [1.807, 2.05) is 36.7 Å². The maximum Gasteiger partial charge on any atom is 0.120 e. The minimum Gasteiger partial charge on any atom is -0.468 e. The lowest BCUT2D eigenvalue weighted by Gasteiger charge is -2.23. The molecule has 3 heterocycles. The van der Waals surface area contributed by atoms with Crippen molar-refractivity contribution in [1.82, 2.24) is 24.6 Å². The van der Waals surface area contributed by atoms with Gasteiger partial charge in [0.15, 0.2) is 0 Å². The van der Waals surface area contributed by atoms with E-state index in [9.17, 15) is 5.11 Å². The Bertz CT molecular complexity index is 697. The van der Waals surface area contributed by atoms with Crippen molar-refractivity contribution in [3.05, 3.63) is 59.8 Å². The van der Waals surface area contributed by atoms with Crippen molar-refractivity contribution in [1.29, 1.82) is 0 Å². The van der Waals surface area contributed by atoms with E-state index in [1.54, 1.807) is 18.7 Å². The van der Waals surface area contributed by atoms with Gasteiger partial charge in [0.1, 0.15) is 11.6 Å². The molecule has 0 amide bonds. The van der Waals surface area contributed by atoms with Gasteiger partial charge in [-0.1, -0.05) is 0 Å². The second kappa shape index (κ2) is 7.46.